The molecule has 3 aromatic rings. The van der Waals surface area contributed by atoms with Crippen molar-refractivity contribution < 1.29 is 0 Å². The Morgan fingerprint density at radius 2 is 1.85 bits per heavy atom. The Morgan fingerprint density at radius 1 is 1.00 bits per heavy atom. The molecule has 0 bridgehead atoms. The van der Waals surface area contributed by atoms with E-state index in [1.165, 1.54) is 48.3 Å². The minimum absolute atomic E-state index is 0.407. The molecule has 0 spiro atoms. The van der Waals surface area contributed by atoms with E-state index in [0.29, 0.717) is 12.1 Å². The molecule has 1 unspecified atom stereocenters. The summed E-state index contributed by atoms with van der Waals surface area (Å²) in [5.74, 6) is 1.89. The van der Waals surface area contributed by atoms with E-state index in [1.807, 2.05) is 11.3 Å². The molecule has 5 heteroatoms. The van der Waals surface area contributed by atoms with Crippen LogP contribution >= 0.6 is 11.3 Å². The first-order chi connectivity index (χ1) is 13.3. The van der Waals surface area contributed by atoms with Gasteiger partial charge in [0.2, 0.25) is 5.95 Å². The van der Waals surface area contributed by atoms with Crippen molar-refractivity contribution in [1.82, 2.24) is 9.97 Å². The van der Waals surface area contributed by atoms with Crippen LogP contribution in [0.25, 0.3) is 10.9 Å². The highest BCUT2D eigenvalue weighted by molar-refractivity contribution is 7.12. The zero-order valence-electron chi connectivity index (χ0n) is 15.8. The SMILES string of the molecule is Cc1ccc(C2CCCN2c2nc(NC3CCCC3)c3ccccc3n2)s1. The maximum Gasteiger partial charge on any atom is 0.228 e. The molecule has 1 saturated heterocycles. The Labute approximate surface area is 164 Å². The number of nitrogens with one attached hydrogen (secondary N) is 1. The van der Waals surface area contributed by atoms with E-state index in [0.717, 1.165) is 29.2 Å². The van der Waals surface area contributed by atoms with Crippen LogP contribution in [-0.4, -0.2) is 22.6 Å². The lowest BCUT2D eigenvalue weighted by Crippen LogP contribution is -2.25. The Hall–Kier alpha value is -2.14. The average Bonchev–Trinajstić information content (AvgIpc) is 3.43. The van der Waals surface area contributed by atoms with Crippen LogP contribution in [0.5, 0.6) is 0 Å². The molecule has 1 saturated carbocycles. The van der Waals surface area contributed by atoms with E-state index in [9.17, 15) is 0 Å². The van der Waals surface area contributed by atoms with E-state index < -0.39 is 0 Å². The predicted octanol–water partition coefficient (Wildman–Crippen LogP) is 5.70. The summed E-state index contributed by atoms with van der Waals surface area (Å²) in [7, 11) is 0. The number of nitrogens with zero attached hydrogens (tertiary/aromatic N) is 3. The highest BCUT2D eigenvalue weighted by atomic mass is 32.1. The molecule has 1 N–H and O–H groups in total. The third-order valence-electron chi connectivity index (χ3n) is 5.89. The van der Waals surface area contributed by atoms with E-state index in [1.54, 1.807) is 0 Å². The van der Waals surface area contributed by atoms with Crippen LogP contribution in [0.3, 0.4) is 0 Å². The monoisotopic (exact) mass is 378 g/mol. The normalized spacial score (nSPS) is 20.6. The lowest BCUT2D eigenvalue weighted by Gasteiger charge is -2.25. The summed E-state index contributed by atoms with van der Waals surface area (Å²) in [4.78, 5) is 15.2. The van der Waals surface area contributed by atoms with Crippen LogP contribution in [0.15, 0.2) is 36.4 Å². The minimum atomic E-state index is 0.407. The van der Waals surface area contributed by atoms with Crippen LogP contribution in [0.1, 0.15) is 54.3 Å². The van der Waals surface area contributed by atoms with Crippen LogP contribution in [0.4, 0.5) is 11.8 Å². The first-order valence-electron chi connectivity index (χ1n) is 10.1. The maximum atomic E-state index is 5.04. The van der Waals surface area contributed by atoms with Gasteiger partial charge in [0.05, 0.1) is 11.6 Å². The fraction of sp³-hybridized carbons (Fsp3) is 0.455. The van der Waals surface area contributed by atoms with Gasteiger partial charge in [0.25, 0.3) is 0 Å². The summed E-state index contributed by atoms with van der Waals surface area (Å²) >= 11 is 1.90. The Morgan fingerprint density at radius 3 is 2.67 bits per heavy atom. The molecule has 5 rings (SSSR count). The number of aromatic nitrogens is 2. The van der Waals surface area contributed by atoms with E-state index in [2.05, 4.69) is 53.5 Å². The van der Waals surface area contributed by atoms with Crippen LogP contribution < -0.4 is 10.2 Å². The topological polar surface area (TPSA) is 41.1 Å². The molecule has 1 aliphatic carbocycles. The highest BCUT2D eigenvalue weighted by Gasteiger charge is 2.30. The van der Waals surface area contributed by atoms with Crippen molar-refractivity contribution in [1.29, 1.82) is 0 Å². The molecule has 1 atom stereocenters. The number of benzene rings is 1. The third kappa shape index (κ3) is 3.29. The molecule has 140 valence electrons. The summed E-state index contributed by atoms with van der Waals surface area (Å²) in [6, 6.07) is 13.9. The standard InChI is InChI=1S/C22H26N4S/c1-15-12-13-20(27-15)19-11-6-14-26(19)22-24-18-10-5-4-9-17(18)21(25-22)23-16-7-2-3-8-16/h4-5,9-10,12-13,16,19H,2-3,6-8,11,14H2,1H3,(H,23,24,25). The van der Waals surface area contributed by atoms with Gasteiger partial charge in [0.15, 0.2) is 0 Å². The molecule has 2 fully saturated rings. The molecule has 2 aliphatic rings. The van der Waals surface area contributed by atoms with Gasteiger partial charge < -0.3 is 10.2 Å². The molecule has 2 aromatic heterocycles. The Balaban J connectivity index is 1.54. The van der Waals surface area contributed by atoms with Crippen LogP contribution in [-0.2, 0) is 0 Å². The summed E-state index contributed by atoms with van der Waals surface area (Å²) in [6.07, 6.45) is 7.51. The highest BCUT2D eigenvalue weighted by Crippen LogP contribution is 2.39. The second-order valence-electron chi connectivity index (χ2n) is 7.81. The van der Waals surface area contributed by atoms with Gasteiger partial charge in [-0.25, -0.2) is 4.98 Å². The number of para-hydroxylation sites is 1. The van der Waals surface area contributed by atoms with E-state index in [-0.39, 0.29) is 0 Å². The molecule has 4 nitrogen and oxygen atoms in total. The molecule has 1 aromatic carbocycles. The van der Waals surface area contributed by atoms with Gasteiger partial charge in [-0.15, -0.1) is 11.3 Å². The zero-order valence-corrected chi connectivity index (χ0v) is 16.6. The molecular weight excluding hydrogens is 352 g/mol. The number of rotatable bonds is 4. The molecule has 0 amide bonds. The number of hydrogen-bond donors (Lipinski definition) is 1. The second-order valence-corrected chi connectivity index (χ2v) is 9.13. The average molecular weight is 379 g/mol. The lowest BCUT2D eigenvalue weighted by molar-refractivity contribution is 0.713. The summed E-state index contributed by atoms with van der Waals surface area (Å²) in [6.45, 7) is 3.21. The number of aryl methyl sites for hydroxylation is 1. The van der Waals surface area contributed by atoms with E-state index in [4.69, 9.17) is 9.97 Å². The number of hydrogen-bond acceptors (Lipinski definition) is 5. The van der Waals surface area contributed by atoms with Crippen molar-refractivity contribution in [3.63, 3.8) is 0 Å². The van der Waals surface area contributed by atoms with Crippen molar-refractivity contribution in [2.45, 2.75) is 57.5 Å². The van der Waals surface area contributed by atoms with Gasteiger partial charge in [-0.05, 0) is 56.9 Å². The van der Waals surface area contributed by atoms with Crippen molar-refractivity contribution >= 4 is 34.0 Å². The molecule has 27 heavy (non-hydrogen) atoms. The second kappa shape index (κ2) is 7.12. The van der Waals surface area contributed by atoms with Gasteiger partial charge >= 0.3 is 0 Å². The van der Waals surface area contributed by atoms with Crippen molar-refractivity contribution in [3.8, 4) is 0 Å². The Kier molecular flexibility index (Phi) is 4.48. The first-order valence-corrected chi connectivity index (χ1v) is 11.0. The fourth-order valence-corrected chi connectivity index (χ4v) is 5.53. The van der Waals surface area contributed by atoms with Gasteiger partial charge in [-0.2, -0.15) is 4.98 Å². The van der Waals surface area contributed by atoms with Gasteiger partial charge in [-0.1, -0.05) is 25.0 Å². The molecular formula is C22H26N4S. The van der Waals surface area contributed by atoms with Crippen LogP contribution in [0.2, 0.25) is 0 Å². The number of thiophene rings is 1. The Bertz CT molecular complexity index is 944. The zero-order chi connectivity index (χ0) is 18.2. The van der Waals surface area contributed by atoms with Gasteiger partial charge in [0, 0.05) is 27.7 Å². The van der Waals surface area contributed by atoms with Crippen LogP contribution in [0, 0.1) is 6.92 Å². The van der Waals surface area contributed by atoms with Gasteiger partial charge in [-0.3, -0.25) is 0 Å². The van der Waals surface area contributed by atoms with Gasteiger partial charge in [0.1, 0.15) is 5.82 Å². The number of anilines is 2. The fourth-order valence-electron chi connectivity index (χ4n) is 4.50. The molecule has 3 heterocycles. The maximum absolute atomic E-state index is 5.04. The largest absolute Gasteiger partial charge is 0.367 e. The lowest BCUT2D eigenvalue weighted by atomic mass is 10.2. The minimum Gasteiger partial charge on any atom is -0.367 e. The third-order valence-corrected chi connectivity index (χ3v) is 6.99. The molecule has 0 radical (unpaired) electrons. The summed E-state index contributed by atoms with van der Waals surface area (Å²) in [5.41, 5.74) is 1.04. The predicted molar refractivity (Wildman–Crippen MR) is 114 cm³/mol. The van der Waals surface area contributed by atoms with E-state index >= 15 is 0 Å². The number of fused-ring (bicyclic) bond motifs is 1. The first kappa shape index (κ1) is 17.0. The molecule has 1 aliphatic heterocycles. The quantitative estimate of drug-likeness (QED) is 0.633. The van der Waals surface area contributed by atoms with Crippen molar-refractivity contribution in [2.24, 2.45) is 0 Å². The van der Waals surface area contributed by atoms with Crippen molar-refractivity contribution in [3.05, 3.63) is 46.2 Å². The summed E-state index contributed by atoms with van der Waals surface area (Å²) in [5, 5.41) is 4.87. The summed E-state index contributed by atoms with van der Waals surface area (Å²) < 4.78 is 0. The van der Waals surface area contributed by atoms with Crippen molar-refractivity contribution in [2.75, 3.05) is 16.8 Å². The smallest absolute Gasteiger partial charge is 0.228 e.